The third kappa shape index (κ3) is 7.30. The van der Waals surface area contributed by atoms with Gasteiger partial charge < -0.3 is 14.5 Å². The summed E-state index contributed by atoms with van der Waals surface area (Å²) in [5.74, 6) is -0.176. The smallest absolute Gasteiger partial charge is 0.372 e. The van der Waals surface area contributed by atoms with Gasteiger partial charge in [0, 0.05) is 45.1 Å². The highest BCUT2D eigenvalue weighted by Gasteiger charge is 2.40. The average Bonchev–Trinajstić information content (AvgIpc) is 3.38. The molecule has 1 aromatic carbocycles. The van der Waals surface area contributed by atoms with E-state index in [1.807, 2.05) is 35.4 Å². The number of halogens is 6. The van der Waals surface area contributed by atoms with E-state index in [1.54, 1.807) is 14.7 Å². The van der Waals surface area contributed by atoms with Crippen LogP contribution >= 0.6 is 0 Å². The first-order chi connectivity index (χ1) is 20.4. The molecule has 5 rings (SSSR count). The van der Waals surface area contributed by atoms with Crippen LogP contribution in [0.25, 0.3) is 0 Å². The minimum absolute atomic E-state index is 0.0326. The van der Waals surface area contributed by atoms with Crippen molar-refractivity contribution in [2.75, 3.05) is 44.2 Å². The molecule has 2 aromatic heterocycles. The van der Waals surface area contributed by atoms with Crippen molar-refractivity contribution in [1.82, 2.24) is 30.0 Å². The van der Waals surface area contributed by atoms with E-state index in [2.05, 4.69) is 15.1 Å². The number of likely N-dealkylation sites (tertiary alicyclic amines) is 1. The number of hydrogen-bond donors (Lipinski definition) is 1. The summed E-state index contributed by atoms with van der Waals surface area (Å²) >= 11 is 0. The van der Waals surface area contributed by atoms with E-state index in [9.17, 15) is 35.9 Å². The second-order valence-electron chi connectivity index (χ2n) is 10.3. The fraction of sp³-hybridized carbons (Fsp3) is 0.444. The molecule has 0 aliphatic carbocycles. The van der Waals surface area contributed by atoms with Gasteiger partial charge in [0.05, 0.1) is 36.6 Å². The quantitative estimate of drug-likeness (QED) is 0.406. The molecule has 2 atom stereocenters. The van der Waals surface area contributed by atoms with Crippen molar-refractivity contribution in [3.8, 4) is 0 Å². The van der Waals surface area contributed by atoms with E-state index < -0.39 is 41.2 Å². The van der Waals surface area contributed by atoms with Crippen LogP contribution in [0.1, 0.15) is 34.8 Å². The van der Waals surface area contributed by atoms with Gasteiger partial charge in [-0.1, -0.05) is 30.3 Å². The Hall–Kier alpha value is -4.05. The molecule has 1 amide bonds. The maximum Gasteiger partial charge on any atom is 0.421 e. The number of aromatic nitrogens is 4. The van der Waals surface area contributed by atoms with Gasteiger partial charge in [-0.15, -0.1) is 0 Å². The Morgan fingerprint density at radius 1 is 0.977 bits per heavy atom. The lowest BCUT2D eigenvalue weighted by Gasteiger charge is -2.36. The fourth-order valence-electron chi connectivity index (χ4n) is 5.12. The summed E-state index contributed by atoms with van der Waals surface area (Å²) in [4.78, 5) is 37.6. The molecule has 1 N–H and O–H groups in total. The van der Waals surface area contributed by atoms with Crippen molar-refractivity contribution in [2.45, 2.75) is 37.5 Å². The molecule has 10 nitrogen and oxygen atoms in total. The van der Waals surface area contributed by atoms with Gasteiger partial charge in [-0.25, -0.2) is 15.1 Å². The van der Waals surface area contributed by atoms with E-state index >= 15 is 0 Å². The van der Waals surface area contributed by atoms with Crippen LogP contribution in [-0.4, -0.2) is 81.2 Å². The number of amides is 1. The molecular weight excluding hydrogens is 584 g/mol. The minimum Gasteiger partial charge on any atom is -0.372 e. The molecule has 2 aliphatic rings. The number of ether oxygens (including phenoxy) is 1. The van der Waals surface area contributed by atoms with Gasteiger partial charge in [0.1, 0.15) is 5.56 Å². The number of piperazine rings is 1. The van der Waals surface area contributed by atoms with Crippen molar-refractivity contribution in [3.63, 3.8) is 0 Å². The zero-order chi connectivity index (χ0) is 30.8. The van der Waals surface area contributed by atoms with Crippen LogP contribution in [0.15, 0.2) is 53.6 Å². The van der Waals surface area contributed by atoms with E-state index in [1.165, 1.54) is 0 Å². The number of nitrogens with one attached hydrogen (secondary N) is 1. The number of rotatable bonds is 7. The van der Waals surface area contributed by atoms with Crippen LogP contribution in [0.3, 0.4) is 0 Å². The normalized spacial score (nSPS) is 20.0. The van der Waals surface area contributed by atoms with Crippen molar-refractivity contribution in [3.05, 3.63) is 81.5 Å². The number of nitrogens with zero attached hydrogens (tertiary/aromatic N) is 6. The number of carbonyl (C=O) groups is 1. The number of benzene rings is 1. The van der Waals surface area contributed by atoms with Gasteiger partial charge in [0.2, 0.25) is 11.9 Å². The second kappa shape index (κ2) is 12.3. The van der Waals surface area contributed by atoms with Gasteiger partial charge >= 0.3 is 12.4 Å². The standard InChI is InChI=1S/C27H27F6N7O3/c28-26(29,30)18-12-34-25(35-13-18)39-8-6-38(7-9-39)23(41)15-40-14-19(43-16-17-4-2-1-3-5-17)10-22(40)21-11-20(27(31,32)33)24(42)37-36-21/h1-5,11-13,19,22H,6-10,14-16H2,(H,37,42). The second-order valence-corrected chi connectivity index (χ2v) is 10.3. The number of aromatic amines is 1. The predicted octanol–water partition coefficient (Wildman–Crippen LogP) is 3.28. The molecule has 0 bridgehead atoms. The van der Waals surface area contributed by atoms with E-state index in [0.717, 1.165) is 5.56 Å². The topological polar surface area (TPSA) is 108 Å². The third-order valence-electron chi connectivity index (χ3n) is 7.38. The molecule has 0 saturated carbocycles. The number of anilines is 1. The summed E-state index contributed by atoms with van der Waals surface area (Å²) in [6.45, 7) is 1.40. The van der Waals surface area contributed by atoms with Crippen LogP contribution in [0, 0.1) is 0 Å². The van der Waals surface area contributed by atoms with Crippen LogP contribution < -0.4 is 10.5 Å². The monoisotopic (exact) mass is 611 g/mol. The zero-order valence-electron chi connectivity index (χ0n) is 22.6. The van der Waals surface area contributed by atoms with Gasteiger partial charge in [-0.2, -0.15) is 31.4 Å². The van der Waals surface area contributed by atoms with E-state index in [0.29, 0.717) is 18.5 Å². The molecule has 4 heterocycles. The highest BCUT2D eigenvalue weighted by molar-refractivity contribution is 5.78. The Labute approximate surface area is 241 Å². The Kier molecular flexibility index (Phi) is 8.69. The van der Waals surface area contributed by atoms with Crippen LogP contribution in [0.2, 0.25) is 0 Å². The number of hydrogen-bond acceptors (Lipinski definition) is 8. The highest BCUT2D eigenvalue weighted by atomic mass is 19.4. The van der Waals surface area contributed by atoms with Gasteiger partial charge in [0.25, 0.3) is 5.56 Å². The molecule has 230 valence electrons. The number of alkyl halides is 6. The summed E-state index contributed by atoms with van der Waals surface area (Å²) in [7, 11) is 0. The van der Waals surface area contributed by atoms with Crippen molar-refractivity contribution >= 4 is 11.9 Å². The summed E-state index contributed by atoms with van der Waals surface area (Å²) < 4.78 is 84.9. The largest absolute Gasteiger partial charge is 0.421 e. The van der Waals surface area contributed by atoms with E-state index in [4.69, 9.17) is 4.74 Å². The lowest BCUT2D eigenvalue weighted by Crippen LogP contribution is -2.51. The molecule has 2 fully saturated rings. The highest BCUT2D eigenvalue weighted by Crippen LogP contribution is 2.35. The first kappa shape index (κ1) is 30.4. The molecular formula is C27H27F6N7O3. The van der Waals surface area contributed by atoms with Gasteiger partial charge in [-0.05, 0) is 18.1 Å². The Balaban J connectivity index is 1.26. The number of H-pyrrole nitrogens is 1. The van der Waals surface area contributed by atoms with Crippen molar-refractivity contribution in [1.29, 1.82) is 0 Å². The van der Waals surface area contributed by atoms with Gasteiger partial charge in [0.15, 0.2) is 0 Å². The zero-order valence-corrected chi connectivity index (χ0v) is 22.6. The third-order valence-corrected chi connectivity index (χ3v) is 7.38. The first-order valence-electron chi connectivity index (χ1n) is 13.4. The minimum atomic E-state index is -4.88. The summed E-state index contributed by atoms with van der Waals surface area (Å²) in [6.07, 6.45) is -8.20. The Morgan fingerprint density at radius 3 is 2.28 bits per heavy atom. The Bertz CT molecular complexity index is 1460. The summed E-state index contributed by atoms with van der Waals surface area (Å²) in [5.41, 5.74) is -2.82. The molecule has 2 aliphatic heterocycles. The van der Waals surface area contributed by atoms with Crippen LogP contribution in [0.4, 0.5) is 32.3 Å². The first-order valence-corrected chi connectivity index (χ1v) is 13.4. The maximum absolute atomic E-state index is 13.5. The van der Waals surface area contributed by atoms with Gasteiger partial charge in [-0.3, -0.25) is 14.5 Å². The Morgan fingerprint density at radius 2 is 1.65 bits per heavy atom. The predicted molar refractivity (Wildman–Crippen MR) is 140 cm³/mol. The maximum atomic E-state index is 13.5. The number of carbonyl (C=O) groups excluding carboxylic acids is 1. The molecule has 0 spiro atoms. The molecule has 16 heteroatoms. The molecule has 3 aromatic rings. The molecule has 0 radical (unpaired) electrons. The summed E-state index contributed by atoms with van der Waals surface area (Å²) in [6, 6.07) is 9.30. The van der Waals surface area contributed by atoms with Crippen LogP contribution in [0.5, 0.6) is 0 Å². The molecule has 2 saturated heterocycles. The van der Waals surface area contributed by atoms with Crippen LogP contribution in [-0.2, 0) is 28.5 Å². The SMILES string of the molecule is O=C(CN1CC(OCc2ccccc2)CC1c1cc(C(F)(F)F)c(=O)[nH]n1)N1CCN(c2ncc(C(F)(F)F)cn2)CC1. The molecule has 2 unspecified atom stereocenters. The fourth-order valence-corrected chi connectivity index (χ4v) is 5.12. The van der Waals surface area contributed by atoms with Crippen molar-refractivity contribution in [2.24, 2.45) is 0 Å². The lowest BCUT2D eigenvalue weighted by atomic mass is 10.1. The molecule has 43 heavy (non-hydrogen) atoms. The average molecular weight is 612 g/mol. The lowest BCUT2D eigenvalue weighted by molar-refractivity contribution is -0.139. The summed E-state index contributed by atoms with van der Waals surface area (Å²) in [5, 5.41) is 5.80. The van der Waals surface area contributed by atoms with E-state index in [-0.39, 0.29) is 69.8 Å². The van der Waals surface area contributed by atoms with Crippen molar-refractivity contribution < 1.29 is 35.9 Å².